The SMILES string of the molecule is CCC(C)C(C)Nc1ccc(NC(C)=O)c(Cl)c1. The Labute approximate surface area is 114 Å². The van der Waals surface area contributed by atoms with Gasteiger partial charge in [0.1, 0.15) is 0 Å². The van der Waals surface area contributed by atoms with E-state index in [0.717, 1.165) is 12.1 Å². The third-order valence-corrected chi connectivity index (χ3v) is 3.48. The zero-order valence-electron chi connectivity index (χ0n) is 11.4. The summed E-state index contributed by atoms with van der Waals surface area (Å²) in [5, 5.41) is 6.65. The maximum absolute atomic E-state index is 11.0. The van der Waals surface area contributed by atoms with Crippen LogP contribution in [0.2, 0.25) is 5.02 Å². The van der Waals surface area contributed by atoms with Gasteiger partial charge in [0, 0.05) is 18.7 Å². The number of hydrogen-bond acceptors (Lipinski definition) is 2. The van der Waals surface area contributed by atoms with E-state index in [-0.39, 0.29) is 5.91 Å². The van der Waals surface area contributed by atoms with E-state index in [9.17, 15) is 4.79 Å². The molecule has 0 aliphatic carbocycles. The average Bonchev–Trinajstić information content (AvgIpc) is 2.31. The molecule has 0 aliphatic rings. The van der Waals surface area contributed by atoms with E-state index in [2.05, 4.69) is 31.4 Å². The largest absolute Gasteiger partial charge is 0.382 e. The minimum atomic E-state index is -0.120. The molecule has 1 rings (SSSR count). The Morgan fingerprint density at radius 3 is 2.56 bits per heavy atom. The molecule has 0 heterocycles. The second kappa shape index (κ2) is 6.64. The standard InChI is InChI=1S/C14H21ClN2O/c1-5-9(2)10(3)16-12-6-7-14(13(15)8-12)17-11(4)18/h6-10,16H,5H2,1-4H3,(H,17,18). The summed E-state index contributed by atoms with van der Waals surface area (Å²) in [6.45, 7) is 8.01. The van der Waals surface area contributed by atoms with Crippen LogP contribution in [0.25, 0.3) is 0 Å². The molecule has 0 aromatic heterocycles. The van der Waals surface area contributed by atoms with Crippen LogP contribution in [0, 0.1) is 5.92 Å². The van der Waals surface area contributed by atoms with Gasteiger partial charge in [-0.15, -0.1) is 0 Å². The van der Waals surface area contributed by atoms with Gasteiger partial charge in [0.25, 0.3) is 0 Å². The Bertz CT molecular complexity index is 420. The van der Waals surface area contributed by atoms with Crippen molar-refractivity contribution < 1.29 is 4.79 Å². The Morgan fingerprint density at radius 1 is 1.39 bits per heavy atom. The number of amides is 1. The summed E-state index contributed by atoms with van der Waals surface area (Å²) in [7, 11) is 0. The third kappa shape index (κ3) is 4.22. The van der Waals surface area contributed by atoms with Gasteiger partial charge in [-0.05, 0) is 31.0 Å². The smallest absolute Gasteiger partial charge is 0.221 e. The van der Waals surface area contributed by atoms with Crippen LogP contribution < -0.4 is 10.6 Å². The zero-order chi connectivity index (χ0) is 13.7. The van der Waals surface area contributed by atoms with Gasteiger partial charge in [0.2, 0.25) is 5.91 Å². The van der Waals surface area contributed by atoms with Crippen molar-refractivity contribution in [2.24, 2.45) is 5.92 Å². The van der Waals surface area contributed by atoms with E-state index in [1.165, 1.54) is 6.92 Å². The second-order valence-corrected chi connectivity index (χ2v) is 5.10. The van der Waals surface area contributed by atoms with Gasteiger partial charge in [-0.2, -0.15) is 0 Å². The average molecular weight is 269 g/mol. The molecule has 0 aliphatic heterocycles. The third-order valence-electron chi connectivity index (χ3n) is 3.17. The lowest BCUT2D eigenvalue weighted by Crippen LogP contribution is -2.23. The lowest BCUT2D eigenvalue weighted by molar-refractivity contribution is -0.114. The van der Waals surface area contributed by atoms with Crippen molar-refractivity contribution in [1.82, 2.24) is 0 Å². The van der Waals surface area contributed by atoms with E-state index in [4.69, 9.17) is 11.6 Å². The fourth-order valence-electron chi connectivity index (χ4n) is 1.65. The number of rotatable bonds is 5. The Kier molecular flexibility index (Phi) is 5.48. The number of benzene rings is 1. The number of nitrogens with one attached hydrogen (secondary N) is 2. The molecule has 3 nitrogen and oxygen atoms in total. The van der Waals surface area contributed by atoms with Gasteiger partial charge in [0.05, 0.1) is 10.7 Å². The van der Waals surface area contributed by atoms with Gasteiger partial charge < -0.3 is 10.6 Å². The number of carbonyl (C=O) groups excluding carboxylic acids is 1. The highest BCUT2D eigenvalue weighted by Gasteiger charge is 2.10. The van der Waals surface area contributed by atoms with Crippen molar-refractivity contribution >= 4 is 28.9 Å². The van der Waals surface area contributed by atoms with Crippen molar-refractivity contribution in [1.29, 1.82) is 0 Å². The summed E-state index contributed by atoms with van der Waals surface area (Å²) in [6.07, 6.45) is 1.13. The maximum Gasteiger partial charge on any atom is 0.221 e. The summed E-state index contributed by atoms with van der Waals surface area (Å²) in [5.74, 6) is 0.476. The summed E-state index contributed by atoms with van der Waals surface area (Å²) in [5.41, 5.74) is 1.62. The van der Waals surface area contributed by atoms with Gasteiger partial charge in [-0.25, -0.2) is 0 Å². The molecule has 0 spiro atoms. The van der Waals surface area contributed by atoms with E-state index >= 15 is 0 Å². The minimum Gasteiger partial charge on any atom is -0.382 e. The maximum atomic E-state index is 11.0. The predicted octanol–water partition coefficient (Wildman–Crippen LogP) is 4.14. The monoisotopic (exact) mass is 268 g/mol. The van der Waals surface area contributed by atoms with Crippen LogP contribution in [0.4, 0.5) is 11.4 Å². The molecule has 18 heavy (non-hydrogen) atoms. The first-order valence-electron chi connectivity index (χ1n) is 6.27. The Hall–Kier alpha value is -1.22. The summed E-state index contributed by atoms with van der Waals surface area (Å²) < 4.78 is 0. The molecular formula is C14H21ClN2O. The van der Waals surface area contributed by atoms with Crippen LogP contribution in [0.15, 0.2) is 18.2 Å². The molecule has 1 aromatic carbocycles. The van der Waals surface area contributed by atoms with Crippen LogP contribution in [0.5, 0.6) is 0 Å². The molecule has 2 atom stereocenters. The number of carbonyl (C=O) groups is 1. The summed E-state index contributed by atoms with van der Waals surface area (Å²) >= 11 is 6.12. The van der Waals surface area contributed by atoms with Crippen molar-refractivity contribution in [3.05, 3.63) is 23.2 Å². The molecule has 0 fully saturated rings. The highest BCUT2D eigenvalue weighted by Crippen LogP contribution is 2.26. The van der Waals surface area contributed by atoms with Gasteiger partial charge in [-0.1, -0.05) is 31.9 Å². The fraction of sp³-hybridized carbons (Fsp3) is 0.500. The highest BCUT2D eigenvalue weighted by molar-refractivity contribution is 6.34. The summed E-state index contributed by atoms with van der Waals surface area (Å²) in [4.78, 5) is 11.0. The van der Waals surface area contributed by atoms with Crippen molar-refractivity contribution in [2.45, 2.75) is 40.2 Å². The molecular weight excluding hydrogens is 248 g/mol. The lowest BCUT2D eigenvalue weighted by atomic mass is 10.0. The van der Waals surface area contributed by atoms with Crippen LogP contribution in [0.3, 0.4) is 0 Å². The molecule has 0 saturated carbocycles. The van der Waals surface area contributed by atoms with Crippen molar-refractivity contribution in [3.63, 3.8) is 0 Å². The molecule has 2 N–H and O–H groups in total. The fourth-order valence-corrected chi connectivity index (χ4v) is 1.88. The Balaban J connectivity index is 2.75. The van der Waals surface area contributed by atoms with Crippen LogP contribution >= 0.6 is 11.6 Å². The van der Waals surface area contributed by atoms with Gasteiger partial charge >= 0.3 is 0 Å². The van der Waals surface area contributed by atoms with E-state index in [1.54, 1.807) is 0 Å². The normalized spacial score (nSPS) is 13.8. The van der Waals surface area contributed by atoms with E-state index in [1.807, 2.05) is 18.2 Å². The first-order valence-corrected chi connectivity index (χ1v) is 6.65. The van der Waals surface area contributed by atoms with E-state index < -0.39 is 0 Å². The molecule has 4 heteroatoms. The van der Waals surface area contributed by atoms with Gasteiger partial charge in [0.15, 0.2) is 0 Å². The van der Waals surface area contributed by atoms with Crippen molar-refractivity contribution in [3.8, 4) is 0 Å². The molecule has 0 saturated heterocycles. The predicted molar refractivity (Wildman–Crippen MR) is 78.3 cm³/mol. The molecule has 100 valence electrons. The van der Waals surface area contributed by atoms with E-state index in [0.29, 0.717) is 22.7 Å². The first kappa shape index (κ1) is 14.8. The van der Waals surface area contributed by atoms with Crippen LogP contribution in [-0.2, 0) is 4.79 Å². The summed E-state index contributed by atoms with van der Waals surface area (Å²) in [6, 6.07) is 5.97. The number of hydrogen-bond donors (Lipinski definition) is 2. The quantitative estimate of drug-likeness (QED) is 0.842. The molecule has 0 radical (unpaired) electrons. The number of anilines is 2. The minimum absolute atomic E-state index is 0.120. The molecule has 2 unspecified atom stereocenters. The van der Waals surface area contributed by atoms with Crippen LogP contribution in [-0.4, -0.2) is 11.9 Å². The highest BCUT2D eigenvalue weighted by atomic mass is 35.5. The molecule has 0 bridgehead atoms. The van der Waals surface area contributed by atoms with Crippen molar-refractivity contribution in [2.75, 3.05) is 10.6 Å². The first-order chi connectivity index (χ1) is 8.43. The zero-order valence-corrected chi connectivity index (χ0v) is 12.1. The molecule has 1 amide bonds. The van der Waals surface area contributed by atoms with Gasteiger partial charge in [-0.3, -0.25) is 4.79 Å². The second-order valence-electron chi connectivity index (χ2n) is 4.69. The number of halogens is 1. The molecule has 1 aromatic rings. The Morgan fingerprint density at radius 2 is 2.06 bits per heavy atom. The topological polar surface area (TPSA) is 41.1 Å². The van der Waals surface area contributed by atoms with Crippen LogP contribution in [0.1, 0.15) is 34.1 Å². The lowest BCUT2D eigenvalue weighted by Gasteiger charge is -2.21.